The highest BCUT2D eigenvalue weighted by Gasteiger charge is 2.17. The van der Waals surface area contributed by atoms with E-state index in [2.05, 4.69) is 10.2 Å². The molecule has 1 aliphatic heterocycles. The van der Waals surface area contributed by atoms with E-state index in [4.69, 9.17) is 18.6 Å². The zero-order chi connectivity index (χ0) is 19.5. The summed E-state index contributed by atoms with van der Waals surface area (Å²) in [6, 6.07) is 7.54. The summed E-state index contributed by atoms with van der Waals surface area (Å²) in [5, 5.41) is 19.4. The molecule has 148 valence electrons. The van der Waals surface area contributed by atoms with E-state index in [0.29, 0.717) is 12.4 Å². The molecular formula is C19H21N3O5S. The molecule has 8 nitrogen and oxygen atoms in total. The molecule has 1 N–H and O–H groups in total. The van der Waals surface area contributed by atoms with Gasteiger partial charge in [-0.3, -0.25) is 0 Å². The van der Waals surface area contributed by atoms with Gasteiger partial charge in [-0.1, -0.05) is 17.8 Å². The zero-order valence-electron chi connectivity index (χ0n) is 15.6. The first-order chi connectivity index (χ1) is 13.6. The second kappa shape index (κ2) is 8.26. The van der Waals surface area contributed by atoms with Crippen molar-refractivity contribution >= 4 is 11.8 Å². The summed E-state index contributed by atoms with van der Waals surface area (Å²) >= 11 is 1.43. The number of fused-ring (bicyclic) bond motifs is 1. The average Bonchev–Trinajstić information content (AvgIpc) is 3.40. The van der Waals surface area contributed by atoms with Crippen LogP contribution in [-0.4, -0.2) is 45.1 Å². The summed E-state index contributed by atoms with van der Waals surface area (Å²) in [5.41, 5.74) is 1.88. The highest BCUT2D eigenvalue weighted by molar-refractivity contribution is 7.99. The Kier molecular flexibility index (Phi) is 5.56. The van der Waals surface area contributed by atoms with Crippen LogP contribution in [0.4, 0.5) is 0 Å². The van der Waals surface area contributed by atoms with E-state index in [1.54, 1.807) is 6.26 Å². The predicted molar refractivity (Wildman–Crippen MR) is 102 cm³/mol. The van der Waals surface area contributed by atoms with Crippen LogP contribution in [0.2, 0.25) is 0 Å². The van der Waals surface area contributed by atoms with Crippen LogP contribution in [0.1, 0.15) is 11.3 Å². The van der Waals surface area contributed by atoms with Gasteiger partial charge < -0.3 is 28.3 Å². The predicted octanol–water partition coefficient (Wildman–Crippen LogP) is 2.78. The first kappa shape index (κ1) is 18.9. The molecule has 0 saturated heterocycles. The standard InChI is InChI=1S/C19H21N3O5S/c1-12-15(5-6-25-12)18-20-21-19(22(18)2)28-10-14(23)9-24-8-13-3-4-16-17(7-13)27-11-26-16/h3-7,14,23H,8-11H2,1-2H3/t14-/m1/s1. The number of rotatable bonds is 8. The molecule has 0 radical (unpaired) electrons. The number of aliphatic hydroxyl groups excluding tert-OH is 1. The van der Waals surface area contributed by atoms with E-state index in [9.17, 15) is 5.11 Å². The summed E-state index contributed by atoms with van der Waals surface area (Å²) in [6.45, 7) is 2.76. The van der Waals surface area contributed by atoms with Crippen molar-refractivity contribution in [1.82, 2.24) is 14.8 Å². The lowest BCUT2D eigenvalue weighted by Crippen LogP contribution is -2.18. The molecule has 1 atom stereocenters. The number of thioether (sulfide) groups is 1. The van der Waals surface area contributed by atoms with Crippen molar-refractivity contribution in [2.45, 2.75) is 24.8 Å². The van der Waals surface area contributed by atoms with Crippen LogP contribution in [-0.2, 0) is 18.4 Å². The molecule has 4 rings (SSSR count). The van der Waals surface area contributed by atoms with E-state index in [0.717, 1.165) is 39.4 Å². The summed E-state index contributed by atoms with van der Waals surface area (Å²) in [5.74, 6) is 3.46. The molecule has 0 spiro atoms. The summed E-state index contributed by atoms with van der Waals surface area (Å²) in [6.07, 6.45) is 1.02. The molecule has 0 fully saturated rings. The highest BCUT2D eigenvalue weighted by Crippen LogP contribution is 2.32. The lowest BCUT2D eigenvalue weighted by Gasteiger charge is -2.11. The number of furan rings is 1. The van der Waals surface area contributed by atoms with Crippen molar-refractivity contribution in [2.24, 2.45) is 7.05 Å². The Morgan fingerprint density at radius 2 is 2.11 bits per heavy atom. The van der Waals surface area contributed by atoms with Crippen molar-refractivity contribution in [3.05, 3.63) is 41.9 Å². The Morgan fingerprint density at radius 1 is 1.25 bits per heavy atom. The van der Waals surface area contributed by atoms with Gasteiger partial charge in [0.25, 0.3) is 0 Å². The minimum absolute atomic E-state index is 0.229. The molecule has 0 aliphatic carbocycles. The zero-order valence-corrected chi connectivity index (χ0v) is 16.4. The van der Waals surface area contributed by atoms with Crippen molar-refractivity contribution < 1.29 is 23.7 Å². The largest absolute Gasteiger partial charge is 0.469 e. The van der Waals surface area contributed by atoms with Crippen LogP contribution in [0, 0.1) is 6.92 Å². The van der Waals surface area contributed by atoms with Gasteiger partial charge in [0.05, 0.1) is 31.1 Å². The first-order valence-electron chi connectivity index (χ1n) is 8.83. The van der Waals surface area contributed by atoms with Crippen molar-refractivity contribution in [1.29, 1.82) is 0 Å². The number of aliphatic hydroxyl groups is 1. The minimum Gasteiger partial charge on any atom is -0.469 e. The third kappa shape index (κ3) is 4.01. The Labute approximate surface area is 166 Å². The number of benzene rings is 1. The van der Waals surface area contributed by atoms with Gasteiger partial charge in [-0.2, -0.15) is 0 Å². The second-order valence-corrected chi connectivity index (χ2v) is 7.41. The molecule has 0 bridgehead atoms. The molecule has 0 saturated carbocycles. The van der Waals surface area contributed by atoms with Crippen LogP contribution in [0.15, 0.2) is 40.1 Å². The van der Waals surface area contributed by atoms with Crippen LogP contribution in [0.5, 0.6) is 11.5 Å². The van der Waals surface area contributed by atoms with Gasteiger partial charge in [-0.15, -0.1) is 10.2 Å². The fourth-order valence-electron chi connectivity index (χ4n) is 2.85. The van der Waals surface area contributed by atoms with E-state index < -0.39 is 6.10 Å². The maximum absolute atomic E-state index is 10.2. The Morgan fingerprint density at radius 3 is 2.93 bits per heavy atom. The monoisotopic (exact) mass is 403 g/mol. The van der Waals surface area contributed by atoms with Crippen molar-refractivity contribution in [3.8, 4) is 22.9 Å². The van der Waals surface area contributed by atoms with Crippen LogP contribution in [0.25, 0.3) is 11.4 Å². The van der Waals surface area contributed by atoms with Gasteiger partial charge in [0.15, 0.2) is 22.5 Å². The second-order valence-electron chi connectivity index (χ2n) is 6.42. The van der Waals surface area contributed by atoms with Crippen LogP contribution < -0.4 is 9.47 Å². The van der Waals surface area contributed by atoms with Gasteiger partial charge in [-0.25, -0.2) is 0 Å². The average molecular weight is 403 g/mol. The molecule has 3 heterocycles. The van der Waals surface area contributed by atoms with Crippen molar-refractivity contribution in [3.63, 3.8) is 0 Å². The Hall–Kier alpha value is -2.49. The third-order valence-electron chi connectivity index (χ3n) is 4.36. The topological polar surface area (TPSA) is 91.8 Å². The number of aromatic nitrogens is 3. The molecule has 0 unspecified atom stereocenters. The third-order valence-corrected chi connectivity index (χ3v) is 5.52. The molecule has 0 amide bonds. The quantitative estimate of drug-likeness (QED) is 0.574. The van der Waals surface area contributed by atoms with Gasteiger partial charge in [0.1, 0.15) is 5.76 Å². The lowest BCUT2D eigenvalue weighted by atomic mass is 10.2. The molecule has 1 aromatic carbocycles. The molecule has 9 heteroatoms. The van der Waals surface area contributed by atoms with Gasteiger partial charge in [0, 0.05) is 12.8 Å². The molecule has 3 aromatic rings. The van der Waals surface area contributed by atoms with E-state index in [-0.39, 0.29) is 13.4 Å². The van der Waals surface area contributed by atoms with Crippen molar-refractivity contribution in [2.75, 3.05) is 19.2 Å². The minimum atomic E-state index is -0.616. The molecular weight excluding hydrogens is 382 g/mol. The highest BCUT2D eigenvalue weighted by atomic mass is 32.2. The number of aryl methyl sites for hydroxylation is 1. The van der Waals surface area contributed by atoms with Gasteiger partial charge in [0.2, 0.25) is 6.79 Å². The maximum Gasteiger partial charge on any atom is 0.231 e. The molecule has 1 aliphatic rings. The van der Waals surface area contributed by atoms with E-state index in [1.807, 2.05) is 42.8 Å². The number of hydrogen-bond donors (Lipinski definition) is 1. The fraction of sp³-hybridized carbons (Fsp3) is 0.368. The Bertz CT molecular complexity index is 955. The number of nitrogens with zero attached hydrogens (tertiary/aromatic N) is 3. The summed E-state index contributed by atoms with van der Waals surface area (Å²) < 4.78 is 23.5. The first-order valence-corrected chi connectivity index (χ1v) is 9.81. The van der Waals surface area contributed by atoms with E-state index in [1.165, 1.54) is 11.8 Å². The SMILES string of the molecule is Cc1occc1-c1nnc(SC[C@H](O)COCc2ccc3c(c2)OCO3)n1C. The Balaban J connectivity index is 1.25. The number of hydrogen-bond acceptors (Lipinski definition) is 8. The lowest BCUT2D eigenvalue weighted by molar-refractivity contribution is 0.0397. The summed E-state index contributed by atoms with van der Waals surface area (Å²) in [7, 11) is 1.90. The molecule has 2 aromatic heterocycles. The normalized spacial score (nSPS) is 13.8. The van der Waals surface area contributed by atoms with E-state index >= 15 is 0 Å². The summed E-state index contributed by atoms with van der Waals surface area (Å²) in [4.78, 5) is 0. The fourth-order valence-corrected chi connectivity index (χ4v) is 3.67. The van der Waals surface area contributed by atoms with Crippen LogP contribution >= 0.6 is 11.8 Å². The van der Waals surface area contributed by atoms with Crippen LogP contribution in [0.3, 0.4) is 0 Å². The number of ether oxygens (including phenoxy) is 3. The van der Waals surface area contributed by atoms with Gasteiger partial charge >= 0.3 is 0 Å². The van der Waals surface area contributed by atoms with Gasteiger partial charge in [-0.05, 0) is 30.7 Å². The molecule has 28 heavy (non-hydrogen) atoms. The smallest absolute Gasteiger partial charge is 0.231 e. The maximum atomic E-state index is 10.2.